The smallest absolute Gasteiger partial charge is 0.248 e. The van der Waals surface area contributed by atoms with Gasteiger partial charge >= 0.3 is 0 Å². The Kier molecular flexibility index (Phi) is 5.06. The van der Waals surface area contributed by atoms with Gasteiger partial charge in [0.25, 0.3) is 0 Å². The Morgan fingerprint density at radius 2 is 2.00 bits per heavy atom. The number of aliphatic hydroxyl groups excluding tert-OH is 1. The molecule has 7 heteroatoms. The Morgan fingerprint density at radius 1 is 1.44 bits per heavy atom. The summed E-state index contributed by atoms with van der Waals surface area (Å²) in [5, 5.41) is 15.0. The van der Waals surface area contributed by atoms with Gasteiger partial charge in [-0.1, -0.05) is 0 Å². The predicted molar refractivity (Wildman–Crippen MR) is 66.7 cm³/mol. The molecule has 5 N–H and O–H groups in total. The van der Waals surface area contributed by atoms with Gasteiger partial charge < -0.3 is 21.5 Å². The Bertz CT molecular complexity index is 313. The van der Waals surface area contributed by atoms with Gasteiger partial charge in [0.2, 0.25) is 11.8 Å². The highest BCUT2D eigenvalue weighted by Gasteiger charge is 2.35. The van der Waals surface area contributed by atoms with Crippen molar-refractivity contribution in [2.45, 2.75) is 25.5 Å². The van der Waals surface area contributed by atoms with Gasteiger partial charge in [-0.3, -0.25) is 14.5 Å². The topological polar surface area (TPSA) is 108 Å². The van der Waals surface area contributed by atoms with Gasteiger partial charge in [0, 0.05) is 26.2 Å². The lowest BCUT2D eigenvalue weighted by atomic mass is 10.0. The van der Waals surface area contributed by atoms with Crippen LogP contribution in [0.4, 0.5) is 0 Å². The molecule has 1 aliphatic rings. The van der Waals surface area contributed by atoms with Crippen molar-refractivity contribution in [3.63, 3.8) is 0 Å². The van der Waals surface area contributed by atoms with E-state index in [0.717, 1.165) is 26.2 Å². The minimum Gasteiger partial charge on any atom is -0.381 e. The number of nitrogens with zero attached hydrogens (tertiary/aromatic N) is 1. The standard InChI is InChI=1S/C11H22N4O3/c1-11(2,15-5-3-13-4-6-15)10(18)14-7-8(16)9(12)17/h8,13,16H,3-7H2,1-2H3,(H2,12,17)(H,14,18). The normalized spacial score (nSPS) is 19.3. The lowest BCUT2D eigenvalue weighted by Crippen LogP contribution is -2.60. The molecule has 1 aliphatic heterocycles. The third kappa shape index (κ3) is 3.66. The summed E-state index contributed by atoms with van der Waals surface area (Å²) < 4.78 is 0. The number of hydrogen-bond acceptors (Lipinski definition) is 5. The molecule has 1 unspecified atom stereocenters. The summed E-state index contributed by atoms with van der Waals surface area (Å²) in [7, 11) is 0. The molecule has 0 aromatic carbocycles. The molecule has 0 bridgehead atoms. The van der Waals surface area contributed by atoms with Crippen LogP contribution in [-0.4, -0.2) is 66.2 Å². The molecule has 0 aromatic rings. The van der Waals surface area contributed by atoms with Crippen LogP contribution >= 0.6 is 0 Å². The van der Waals surface area contributed by atoms with Crippen molar-refractivity contribution >= 4 is 11.8 Å². The summed E-state index contributed by atoms with van der Waals surface area (Å²) in [4.78, 5) is 24.8. The van der Waals surface area contributed by atoms with Crippen LogP contribution < -0.4 is 16.4 Å². The summed E-state index contributed by atoms with van der Waals surface area (Å²) in [6.07, 6.45) is -1.34. The van der Waals surface area contributed by atoms with Crippen molar-refractivity contribution in [1.82, 2.24) is 15.5 Å². The van der Waals surface area contributed by atoms with Crippen LogP contribution in [0, 0.1) is 0 Å². The van der Waals surface area contributed by atoms with E-state index in [1.807, 2.05) is 13.8 Å². The maximum atomic E-state index is 12.1. The first kappa shape index (κ1) is 14.9. The largest absolute Gasteiger partial charge is 0.381 e. The second kappa shape index (κ2) is 6.12. The number of aliphatic hydroxyl groups is 1. The van der Waals surface area contributed by atoms with Gasteiger partial charge in [-0.2, -0.15) is 0 Å². The summed E-state index contributed by atoms with van der Waals surface area (Å²) in [6, 6.07) is 0. The van der Waals surface area contributed by atoms with Crippen LogP contribution in [0.2, 0.25) is 0 Å². The van der Waals surface area contributed by atoms with E-state index in [9.17, 15) is 14.7 Å². The molecular formula is C11H22N4O3. The monoisotopic (exact) mass is 258 g/mol. The zero-order valence-corrected chi connectivity index (χ0v) is 10.9. The first-order valence-electron chi connectivity index (χ1n) is 6.07. The molecule has 2 amide bonds. The summed E-state index contributed by atoms with van der Waals surface area (Å²) >= 11 is 0. The zero-order valence-electron chi connectivity index (χ0n) is 10.9. The summed E-state index contributed by atoms with van der Waals surface area (Å²) in [5.41, 5.74) is 4.25. The van der Waals surface area contributed by atoms with Gasteiger partial charge in [0.15, 0.2) is 0 Å². The average molecular weight is 258 g/mol. The van der Waals surface area contributed by atoms with Gasteiger partial charge in [0.1, 0.15) is 6.10 Å². The molecule has 18 heavy (non-hydrogen) atoms. The second-order valence-corrected chi connectivity index (χ2v) is 4.92. The third-order valence-corrected chi connectivity index (χ3v) is 3.25. The highest BCUT2D eigenvalue weighted by molar-refractivity contribution is 5.86. The number of primary amides is 1. The zero-order chi connectivity index (χ0) is 13.8. The highest BCUT2D eigenvalue weighted by Crippen LogP contribution is 2.15. The van der Waals surface area contributed by atoms with Crippen molar-refractivity contribution < 1.29 is 14.7 Å². The SMILES string of the molecule is CC(C)(C(=O)NCC(O)C(N)=O)N1CCNCC1. The Balaban J connectivity index is 2.50. The molecule has 1 saturated heterocycles. The molecule has 0 spiro atoms. The van der Waals surface area contributed by atoms with Crippen LogP contribution in [0.5, 0.6) is 0 Å². The molecular weight excluding hydrogens is 236 g/mol. The van der Waals surface area contributed by atoms with Gasteiger partial charge in [-0.25, -0.2) is 0 Å². The van der Waals surface area contributed by atoms with E-state index in [2.05, 4.69) is 15.5 Å². The van der Waals surface area contributed by atoms with E-state index in [1.54, 1.807) is 0 Å². The number of rotatable bonds is 5. The molecule has 0 saturated carbocycles. The number of carbonyl (C=O) groups is 2. The Hall–Kier alpha value is -1.18. The number of amides is 2. The molecule has 7 nitrogen and oxygen atoms in total. The molecule has 1 rings (SSSR count). The first-order chi connectivity index (χ1) is 8.35. The number of carbonyl (C=O) groups excluding carboxylic acids is 2. The molecule has 1 fully saturated rings. The quantitative estimate of drug-likeness (QED) is 0.441. The van der Waals surface area contributed by atoms with E-state index in [-0.39, 0.29) is 12.5 Å². The van der Waals surface area contributed by atoms with Gasteiger partial charge in [-0.05, 0) is 13.8 Å². The van der Waals surface area contributed by atoms with Crippen molar-refractivity contribution in [2.75, 3.05) is 32.7 Å². The summed E-state index contributed by atoms with van der Waals surface area (Å²) in [5.74, 6) is -1.06. The van der Waals surface area contributed by atoms with Crippen molar-refractivity contribution in [1.29, 1.82) is 0 Å². The van der Waals surface area contributed by atoms with Crippen LogP contribution in [-0.2, 0) is 9.59 Å². The second-order valence-electron chi connectivity index (χ2n) is 4.92. The number of piperazine rings is 1. The number of hydrogen-bond donors (Lipinski definition) is 4. The van der Waals surface area contributed by atoms with Gasteiger partial charge in [0.05, 0.1) is 12.1 Å². The van der Waals surface area contributed by atoms with E-state index in [1.165, 1.54) is 0 Å². The van der Waals surface area contributed by atoms with Gasteiger partial charge in [-0.15, -0.1) is 0 Å². The molecule has 1 heterocycles. The van der Waals surface area contributed by atoms with Crippen LogP contribution in [0.15, 0.2) is 0 Å². The third-order valence-electron chi connectivity index (χ3n) is 3.25. The van der Waals surface area contributed by atoms with Crippen LogP contribution in [0.3, 0.4) is 0 Å². The van der Waals surface area contributed by atoms with E-state index in [4.69, 9.17) is 5.73 Å². The fourth-order valence-corrected chi connectivity index (χ4v) is 1.87. The fourth-order valence-electron chi connectivity index (χ4n) is 1.87. The van der Waals surface area contributed by atoms with E-state index < -0.39 is 17.6 Å². The van der Waals surface area contributed by atoms with Crippen LogP contribution in [0.25, 0.3) is 0 Å². The molecule has 0 aliphatic carbocycles. The van der Waals surface area contributed by atoms with E-state index in [0.29, 0.717) is 0 Å². The summed E-state index contributed by atoms with van der Waals surface area (Å²) in [6.45, 7) is 6.77. The Labute approximate surface area is 107 Å². The molecule has 0 radical (unpaired) electrons. The lowest BCUT2D eigenvalue weighted by molar-refractivity contribution is -0.133. The molecule has 104 valence electrons. The average Bonchev–Trinajstić information content (AvgIpc) is 2.36. The number of nitrogens with one attached hydrogen (secondary N) is 2. The van der Waals surface area contributed by atoms with Crippen molar-refractivity contribution in [3.8, 4) is 0 Å². The maximum Gasteiger partial charge on any atom is 0.248 e. The lowest BCUT2D eigenvalue weighted by Gasteiger charge is -2.39. The van der Waals surface area contributed by atoms with Crippen molar-refractivity contribution in [2.24, 2.45) is 5.73 Å². The number of nitrogens with two attached hydrogens (primary N) is 1. The van der Waals surface area contributed by atoms with E-state index >= 15 is 0 Å². The maximum absolute atomic E-state index is 12.1. The fraction of sp³-hybridized carbons (Fsp3) is 0.818. The Morgan fingerprint density at radius 3 is 2.50 bits per heavy atom. The molecule has 0 aromatic heterocycles. The van der Waals surface area contributed by atoms with Crippen LogP contribution in [0.1, 0.15) is 13.8 Å². The van der Waals surface area contributed by atoms with Crippen molar-refractivity contribution in [3.05, 3.63) is 0 Å². The first-order valence-corrected chi connectivity index (χ1v) is 6.07. The minimum atomic E-state index is -1.34. The molecule has 1 atom stereocenters. The highest BCUT2D eigenvalue weighted by atomic mass is 16.3. The predicted octanol–water partition coefficient (Wildman–Crippen LogP) is -2.37. The minimum absolute atomic E-state index is 0.149.